The summed E-state index contributed by atoms with van der Waals surface area (Å²) in [6.45, 7) is 9.62. The molecule has 7 nitrogen and oxygen atoms in total. The topological polar surface area (TPSA) is 84.6 Å². The molecule has 0 fully saturated rings. The van der Waals surface area contributed by atoms with Gasteiger partial charge in [-0.2, -0.15) is 4.98 Å². The Hall–Kier alpha value is -2.57. The van der Waals surface area contributed by atoms with E-state index in [2.05, 4.69) is 44.8 Å². The summed E-state index contributed by atoms with van der Waals surface area (Å²) in [5, 5.41) is 10.6. The maximum absolute atomic E-state index is 5.30. The van der Waals surface area contributed by atoms with Crippen LogP contribution in [0.15, 0.2) is 33.8 Å². The molecule has 1 aromatic heterocycles. The smallest absolute Gasteiger partial charge is 0.232 e. The van der Waals surface area contributed by atoms with Crippen molar-refractivity contribution in [2.45, 2.75) is 52.0 Å². The normalized spacial score (nSPS) is 13.3. The van der Waals surface area contributed by atoms with Crippen molar-refractivity contribution >= 4 is 5.96 Å². The molecule has 1 heterocycles. The van der Waals surface area contributed by atoms with Crippen LogP contribution in [0, 0.1) is 0 Å². The molecule has 1 aromatic carbocycles. The lowest BCUT2D eigenvalue weighted by Crippen LogP contribution is -2.37. The summed E-state index contributed by atoms with van der Waals surface area (Å²) in [5.41, 5.74) is 1.14. The van der Waals surface area contributed by atoms with Crippen molar-refractivity contribution in [1.29, 1.82) is 0 Å². The van der Waals surface area contributed by atoms with Crippen molar-refractivity contribution in [3.63, 3.8) is 0 Å². The number of benzene rings is 1. The average Bonchev–Trinajstić information content (AvgIpc) is 3.14. The van der Waals surface area contributed by atoms with E-state index in [1.54, 1.807) is 14.2 Å². The third kappa shape index (κ3) is 6.27. The Kier molecular flexibility index (Phi) is 7.21. The van der Waals surface area contributed by atoms with Crippen LogP contribution in [0.25, 0.3) is 0 Å². The van der Waals surface area contributed by atoms with Gasteiger partial charge in [0.2, 0.25) is 5.89 Å². The van der Waals surface area contributed by atoms with Crippen LogP contribution in [0.5, 0.6) is 5.75 Å². The fraction of sp³-hybridized carbons (Fsp3) is 0.550. The first-order chi connectivity index (χ1) is 12.8. The van der Waals surface area contributed by atoms with Crippen LogP contribution in [0.3, 0.4) is 0 Å². The monoisotopic (exact) mass is 373 g/mol. The quantitative estimate of drug-likeness (QED) is 0.572. The van der Waals surface area contributed by atoms with Crippen molar-refractivity contribution in [1.82, 2.24) is 20.8 Å². The first-order valence-electron chi connectivity index (χ1n) is 9.25. The Balaban J connectivity index is 1.77. The lowest BCUT2D eigenvalue weighted by molar-refractivity contribution is 0.318. The van der Waals surface area contributed by atoms with Gasteiger partial charge in [-0.25, -0.2) is 0 Å². The van der Waals surface area contributed by atoms with Crippen LogP contribution in [-0.2, 0) is 12.0 Å². The van der Waals surface area contributed by atoms with Gasteiger partial charge in [-0.15, -0.1) is 0 Å². The summed E-state index contributed by atoms with van der Waals surface area (Å²) >= 11 is 0. The number of hydrogen-bond donors (Lipinski definition) is 2. The number of nitrogens with one attached hydrogen (secondary N) is 2. The number of rotatable bonds is 7. The maximum Gasteiger partial charge on any atom is 0.232 e. The molecule has 0 spiro atoms. The van der Waals surface area contributed by atoms with E-state index in [-0.39, 0.29) is 5.41 Å². The maximum atomic E-state index is 5.30. The average molecular weight is 374 g/mol. The van der Waals surface area contributed by atoms with Crippen molar-refractivity contribution in [2.75, 3.05) is 20.7 Å². The van der Waals surface area contributed by atoms with Gasteiger partial charge >= 0.3 is 0 Å². The van der Waals surface area contributed by atoms with Gasteiger partial charge in [-0.05, 0) is 30.0 Å². The summed E-state index contributed by atoms with van der Waals surface area (Å²) in [5.74, 6) is 3.29. The molecule has 2 aromatic rings. The standard InChI is InChI=1S/C20H31N5O2/c1-14(15-7-9-16(26-6)10-8-15)11-12-22-19(21-5)23-13-17-24-18(27-25-17)20(2,3)4/h7-10,14H,11-13H2,1-6H3,(H2,21,22,23). The van der Waals surface area contributed by atoms with Crippen LogP contribution < -0.4 is 15.4 Å². The summed E-state index contributed by atoms with van der Waals surface area (Å²) < 4.78 is 10.5. The summed E-state index contributed by atoms with van der Waals surface area (Å²) in [6, 6.07) is 8.21. The molecule has 1 unspecified atom stereocenters. The van der Waals surface area contributed by atoms with E-state index in [1.165, 1.54) is 5.56 Å². The molecule has 27 heavy (non-hydrogen) atoms. The van der Waals surface area contributed by atoms with Crippen molar-refractivity contribution in [2.24, 2.45) is 4.99 Å². The number of nitrogens with zero attached hydrogens (tertiary/aromatic N) is 3. The highest BCUT2D eigenvalue weighted by molar-refractivity contribution is 5.79. The van der Waals surface area contributed by atoms with Gasteiger partial charge in [0, 0.05) is 19.0 Å². The molecule has 0 bridgehead atoms. The Morgan fingerprint density at radius 1 is 1.22 bits per heavy atom. The lowest BCUT2D eigenvalue weighted by Gasteiger charge is -2.15. The molecule has 0 aliphatic carbocycles. The van der Waals surface area contributed by atoms with E-state index < -0.39 is 0 Å². The molecule has 0 aliphatic heterocycles. The van der Waals surface area contributed by atoms with Gasteiger partial charge < -0.3 is 19.9 Å². The zero-order chi connectivity index (χ0) is 19.9. The fourth-order valence-electron chi connectivity index (χ4n) is 2.52. The van der Waals surface area contributed by atoms with Gasteiger partial charge in [-0.1, -0.05) is 45.0 Å². The highest BCUT2D eigenvalue weighted by atomic mass is 16.5. The Morgan fingerprint density at radius 3 is 2.48 bits per heavy atom. The van der Waals surface area contributed by atoms with E-state index in [4.69, 9.17) is 9.26 Å². The number of aliphatic imine (C=N–C) groups is 1. The molecule has 0 amide bonds. The van der Waals surface area contributed by atoms with E-state index in [0.29, 0.717) is 24.2 Å². The molecule has 0 saturated heterocycles. The van der Waals surface area contributed by atoms with Crippen molar-refractivity contribution in [3.05, 3.63) is 41.5 Å². The number of aromatic nitrogens is 2. The number of guanidine groups is 1. The Labute approximate surface area is 161 Å². The Morgan fingerprint density at radius 2 is 1.93 bits per heavy atom. The predicted molar refractivity (Wildman–Crippen MR) is 107 cm³/mol. The molecule has 1 atom stereocenters. The van der Waals surface area contributed by atoms with Crippen LogP contribution in [0.4, 0.5) is 0 Å². The summed E-state index contributed by atoms with van der Waals surface area (Å²) in [4.78, 5) is 8.66. The second-order valence-electron chi connectivity index (χ2n) is 7.58. The highest BCUT2D eigenvalue weighted by Crippen LogP contribution is 2.21. The Bertz CT molecular complexity index is 732. The second kappa shape index (κ2) is 9.39. The van der Waals surface area contributed by atoms with Crippen LogP contribution in [0.1, 0.15) is 57.3 Å². The van der Waals surface area contributed by atoms with E-state index in [1.807, 2.05) is 32.9 Å². The minimum Gasteiger partial charge on any atom is -0.497 e. The van der Waals surface area contributed by atoms with Crippen molar-refractivity contribution < 1.29 is 9.26 Å². The zero-order valence-corrected chi connectivity index (χ0v) is 17.2. The molecular weight excluding hydrogens is 342 g/mol. The lowest BCUT2D eigenvalue weighted by atomic mass is 9.97. The third-order valence-corrected chi connectivity index (χ3v) is 4.30. The van der Waals surface area contributed by atoms with Crippen molar-refractivity contribution in [3.8, 4) is 5.75 Å². The predicted octanol–water partition coefficient (Wildman–Crippen LogP) is 3.23. The summed E-state index contributed by atoms with van der Waals surface area (Å²) in [7, 11) is 3.43. The largest absolute Gasteiger partial charge is 0.497 e. The van der Waals surface area contributed by atoms with Gasteiger partial charge in [-0.3, -0.25) is 4.99 Å². The van der Waals surface area contributed by atoms with Gasteiger partial charge in [0.1, 0.15) is 5.75 Å². The van der Waals surface area contributed by atoms with Crippen LogP contribution >= 0.6 is 0 Å². The minimum atomic E-state index is -0.150. The van der Waals surface area contributed by atoms with Gasteiger partial charge in [0.15, 0.2) is 11.8 Å². The van der Waals surface area contributed by atoms with E-state index in [0.717, 1.165) is 24.7 Å². The van der Waals surface area contributed by atoms with E-state index in [9.17, 15) is 0 Å². The number of hydrogen-bond acceptors (Lipinski definition) is 5. The molecule has 2 N–H and O–H groups in total. The SMILES string of the molecule is CN=C(NCCC(C)c1ccc(OC)cc1)NCc1noc(C(C)(C)C)n1. The highest BCUT2D eigenvalue weighted by Gasteiger charge is 2.21. The minimum absolute atomic E-state index is 0.150. The van der Waals surface area contributed by atoms with Gasteiger partial charge in [0.25, 0.3) is 0 Å². The first kappa shape index (κ1) is 20.7. The van der Waals surface area contributed by atoms with Gasteiger partial charge in [0.05, 0.1) is 13.7 Å². The summed E-state index contributed by atoms with van der Waals surface area (Å²) in [6.07, 6.45) is 0.989. The van der Waals surface area contributed by atoms with Crippen LogP contribution in [-0.4, -0.2) is 36.8 Å². The molecule has 0 saturated carbocycles. The number of ether oxygens (including phenoxy) is 1. The second-order valence-corrected chi connectivity index (χ2v) is 7.58. The van der Waals surface area contributed by atoms with Crippen LogP contribution in [0.2, 0.25) is 0 Å². The molecule has 0 radical (unpaired) electrons. The molecule has 148 valence electrons. The number of methoxy groups -OCH3 is 1. The molecule has 2 rings (SSSR count). The molecular formula is C20H31N5O2. The van der Waals surface area contributed by atoms with E-state index >= 15 is 0 Å². The first-order valence-corrected chi connectivity index (χ1v) is 9.25. The molecule has 0 aliphatic rings. The third-order valence-electron chi connectivity index (χ3n) is 4.30. The zero-order valence-electron chi connectivity index (χ0n) is 17.2. The fourth-order valence-corrected chi connectivity index (χ4v) is 2.52. The molecule has 7 heteroatoms.